The highest BCUT2D eigenvalue weighted by atomic mass is 16.5. The van der Waals surface area contributed by atoms with Crippen LogP contribution in [0.15, 0.2) is 54.9 Å². The first kappa shape index (κ1) is 25.4. The molecular weight excluding hydrogens is 432 g/mol. The number of hydrogen-bond donors (Lipinski definition) is 3. The van der Waals surface area contributed by atoms with Gasteiger partial charge in [0.05, 0.1) is 5.41 Å². The Kier molecular flexibility index (Phi) is 8.04. The fourth-order valence-electron chi connectivity index (χ4n) is 4.85. The molecule has 0 saturated carbocycles. The average molecular weight is 467 g/mol. The van der Waals surface area contributed by atoms with Crippen molar-refractivity contribution in [3.8, 4) is 0 Å². The largest absolute Gasteiger partial charge is 0.330 e. The van der Waals surface area contributed by atoms with E-state index in [1.54, 1.807) is 34.9 Å². The van der Waals surface area contributed by atoms with Gasteiger partial charge >= 0.3 is 0 Å². The normalized spacial score (nSPS) is 19.1. The fourth-order valence-corrected chi connectivity index (χ4v) is 4.85. The molecule has 1 aliphatic rings. The number of nitrogens with one attached hydrogen (secondary N) is 2. The maximum absolute atomic E-state index is 13.8. The molecule has 0 bridgehead atoms. The van der Waals surface area contributed by atoms with Crippen LogP contribution < -0.4 is 10.8 Å². The fraction of sp³-hybridized carbons (Fsp3) is 0.462. The van der Waals surface area contributed by atoms with E-state index < -0.39 is 22.8 Å². The third-order valence-corrected chi connectivity index (χ3v) is 6.46. The predicted octanol–water partition coefficient (Wildman–Crippen LogP) is 3.57. The van der Waals surface area contributed by atoms with Crippen molar-refractivity contribution in [2.45, 2.75) is 58.9 Å². The zero-order valence-corrected chi connectivity index (χ0v) is 20.1. The number of carbonyl (C=O) groups excluding carboxylic acids is 3. The van der Waals surface area contributed by atoms with Crippen molar-refractivity contribution in [2.75, 3.05) is 11.9 Å². The maximum atomic E-state index is 13.8. The van der Waals surface area contributed by atoms with Crippen LogP contribution in [0.25, 0.3) is 0 Å². The van der Waals surface area contributed by atoms with Crippen LogP contribution in [0.4, 0.5) is 5.69 Å². The summed E-state index contributed by atoms with van der Waals surface area (Å²) >= 11 is 0. The molecule has 1 saturated heterocycles. The number of likely N-dealkylation sites (tertiary alicyclic amines) is 1. The van der Waals surface area contributed by atoms with E-state index in [9.17, 15) is 14.4 Å². The molecule has 0 unspecified atom stereocenters. The van der Waals surface area contributed by atoms with Gasteiger partial charge in [0.15, 0.2) is 0 Å². The van der Waals surface area contributed by atoms with Crippen LogP contribution in [0.3, 0.4) is 0 Å². The van der Waals surface area contributed by atoms with Crippen molar-refractivity contribution in [3.05, 3.63) is 60.4 Å². The molecule has 182 valence electrons. The second-order valence-electron chi connectivity index (χ2n) is 10.1. The average Bonchev–Trinajstić information content (AvgIpc) is 3.10. The Bertz CT molecular complexity index is 991. The Morgan fingerprint density at radius 1 is 1.15 bits per heavy atom. The number of carbonyl (C=O) groups is 3. The third kappa shape index (κ3) is 5.99. The minimum atomic E-state index is -0.956. The highest BCUT2D eigenvalue weighted by molar-refractivity contribution is 5.99. The van der Waals surface area contributed by atoms with Crippen molar-refractivity contribution in [1.82, 2.24) is 15.4 Å². The molecule has 1 aromatic heterocycles. The molecule has 2 heterocycles. The summed E-state index contributed by atoms with van der Waals surface area (Å²) in [5, 5.41) is 12.1. The van der Waals surface area contributed by atoms with E-state index in [4.69, 9.17) is 5.21 Å². The van der Waals surface area contributed by atoms with Crippen LogP contribution in [0.1, 0.15) is 52.0 Å². The number of amides is 3. The summed E-state index contributed by atoms with van der Waals surface area (Å²) in [6, 6.07) is 12.7. The zero-order chi connectivity index (χ0) is 24.8. The zero-order valence-electron chi connectivity index (χ0n) is 20.1. The highest BCUT2D eigenvalue weighted by Crippen LogP contribution is 2.43. The Morgan fingerprint density at radius 3 is 2.44 bits per heavy atom. The smallest absolute Gasteiger partial charge is 0.247 e. The summed E-state index contributed by atoms with van der Waals surface area (Å²) in [7, 11) is 0. The number of aryl methyl sites for hydroxylation is 1. The molecule has 8 heteroatoms. The number of hydrogen-bond acceptors (Lipinski definition) is 5. The number of pyridine rings is 1. The van der Waals surface area contributed by atoms with Crippen LogP contribution in [0.5, 0.6) is 0 Å². The Labute approximate surface area is 200 Å². The molecule has 0 spiro atoms. The SMILES string of the molecule is CC(C)(C)[C@H](C(=O)Nc1ccncc1)N1CC[C@@](CCCc2ccccc2)(CC(=O)NO)C1=O. The first-order valence-electron chi connectivity index (χ1n) is 11.7. The topological polar surface area (TPSA) is 112 Å². The van der Waals surface area contributed by atoms with Gasteiger partial charge in [-0.25, -0.2) is 5.48 Å². The molecule has 1 aliphatic heterocycles. The molecule has 1 aromatic carbocycles. The first-order valence-corrected chi connectivity index (χ1v) is 11.7. The van der Waals surface area contributed by atoms with Gasteiger partial charge < -0.3 is 10.2 Å². The van der Waals surface area contributed by atoms with Crippen LogP contribution >= 0.6 is 0 Å². The monoisotopic (exact) mass is 466 g/mol. The Morgan fingerprint density at radius 2 is 1.82 bits per heavy atom. The van der Waals surface area contributed by atoms with Gasteiger partial charge in [0, 0.05) is 31.0 Å². The second kappa shape index (κ2) is 10.8. The Hall–Kier alpha value is -3.26. The van der Waals surface area contributed by atoms with Gasteiger partial charge in [0.25, 0.3) is 0 Å². The van der Waals surface area contributed by atoms with Gasteiger partial charge in [-0.1, -0.05) is 51.1 Å². The van der Waals surface area contributed by atoms with Crippen LogP contribution in [0, 0.1) is 10.8 Å². The summed E-state index contributed by atoms with van der Waals surface area (Å²) in [5.74, 6) is -1.09. The van der Waals surface area contributed by atoms with Gasteiger partial charge in [-0.2, -0.15) is 0 Å². The van der Waals surface area contributed by atoms with Gasteiger partial charge in [0.1, 0.15) is 6.04 Å². The second-order valence-corrected chi connectivity index (χ2v) is 10.1. The van der Waals surface area contributed by atoms with Crippen molar-refractivity contribution >= 4 is 23.4 Å². The van der Waals surface area contributed by atoms with Crippen molar-refractivity contribution in [3.63, 3.8) is 0 Å². The molecule has 2 aromatic rings. The molecule has 3 N–H and O–H groups in total. The van der Waals surface area contributed by atoms with E-state index >= 15 is 0 Å². The standard InChI is InChI=1S/C26H34N4O4/c1-25(2,3)22(23(32)28-20-11-15-27-16-12-20)30-17-14-26(24(30)33,18-21(31)29-34)13-7-10-19-8-5-4-6-9-19/h4-6,8-9,11-12,15-16,22,34H,7,10,13-14,17-18H2,1-3H3,(H,29,31)(H,27,28,32)/t22-,26-/m0/s1. The maximum Gasteiger partial charge on any atom is 0.247 e. The number of rotatable bonds is 9. The molecule has 3 rings (SSSR count). The van der Waals surface area contributed by atoms with Crippen LogP contribution in [0.2, 0.25) is 0 Å². The van der Waals surface area contributed by atoms with E-state index in [-0.39, 0.29) is 18.2 Å². The predicted molar refractivity (Wildman–Crippen MR) is 129 cm³/mol. The van der Waals surface area contributed by atoms with E-state index in [0.717, 1.165) is 12.0 Å². The summed E-state index contributed by atoms with van der Waals surface area (Å²) in [4.78, 5) is 44.9. The molecule has 0 radical (unpaired) electrons. The molecule has 8 nitrogen and oxygen atoms in total. The van der Waals surface area contributed by atoms with Crippen molar-refractivity contribution in [1.29, 1.82) is 0 Å². The Balaban J connectivity index is 1.81. The summed E-state index contributed by atoms with van der Waals surface area (Å²) in [6.45, 7) is 6.14. The van der Waals surface area contributed by atoms with Gasteiger partial charge in [-0.3, -0.25) is 24.6 Å². The van der Waals surface area contributed by atoms with E-state index in [1.165, 1.54) is 0 Å². The van der Waals surface area contributed by atoms with Gasteiger partial charge in [-0.05, 0) is 48.8 Å². The van der Waals surface area contributed by atoms with Crippen molar-refractivity contribution < 1.29 is 19.6 Å². The third-order valence-electron chi connectivity index (χ3n) is 6.46. The molecule has 1 fully saturated rings. The minimum absolute atomic E-state index is 0.115. The summed E-state index contributed by atoms with van der Waals surface area (Å²) in [6.07, 6.45) is 5.50. The number of benzene rings is 1. The van der Waals surface area contributed by atoms with Crippen LogP contribution in [-0.4, -0.2) is 45.4 Å². The molecule has 2 atom stereocenters. The molecular formula is C26H34N4O4. The lowest BCUT2D eigenvalue weighted by atomic mass is 9.77. The number of aromatic nitrogens is 1. The van der Waals surface area contributed by atoms with E-state index in [2.05, 4.69) is 10.3 Å². The lowest BCUT2D eigenvalue weighted by molar-refractivity contribution is -0.148. The van der Waals surface area contributed by atoms with Gasteiger partial charge in [-0.15, -0.1) is 0 Å². The molecule has 34 heavy (non-hydrogen) atoms. The van der Waals surface area contributed by atoms with E-state index in [0.29, 0.717) is 31.5 Å². The van der Waals surface area contributed by atoms with Crippen LogP contribution in [-0.2, 0) is 20.8 Å². The molecule has 0 aliphatic carbocycles. The summed E-state index contributed by atoms with van der Waals surface area (Å²) < 4.78 is 0. The lowest BCUT2D eigenvalue weighted by Crippen LogP contribution is -2.54. The summed E-state index contributed by atoms with van der Waals surface area (Å²) in [5.41, 5.74) is 1.96. The number of hydroxylamine groups is 1. The van der Waals surface area contributed by atoms with Gasteiger partial charge in [0.2, 0.25) is 17.7 Å². The lowest BCUT2D eigenvalue weighted by Gasteiger charge is -2.38. The first-order chi connectivity index (χ1) is 16.2. The quantitative estimate of drug-likeness (QED) is 0.386. The highest BCUT2D eigenvalue weighted by Gasteiger charge is 2.52. The molecule has 3 amide bonds. The minimum Gasteiger partial charge on any atom is -0.330 e. The van der Waals surface area contributed by atoms with Crippen molar-refractivity contribution in [2.24, 2.45) is 10.8 Å². The number of anilines is 1. The van der Waals surface area contributed by atoms with E-state index in [1.807, 2.05) is 51.1 Å². The number of nitrogens with zero attached hydrogens (tertiary/aromatic N) is 2.